The van der Waals surface area contributed by atoms with Crippen LogP contribution in [-0.2, 0) is 4.74 Å². The summed E-state index contributed by atoms with van der Waals surface area (Å²) in [6, 6.07) is 0. The lowest BCUT2D eigenvalue weighted by Gasteiger charge is -2.15. The highest BCUT2D eigenvalue weighted by Gasteiger charge is 2.13. The van der Waals surface area contributed by atoms with E-state index in [1.165, 1.54) is 11.2 Å². The molecule has 0 bridgehead atoms. The highest BCUT2D eigenvalue weighted by atomic mass is 16.6. The molecule has 0 radical (unpaired) electrons. The average Bonchev–Trinajstić information content (AvgIpc) is 2.30. The van der Waals surface area contributed by atoms with Crippen LogP contribution < -0.4 is 0 Å². The fraction of sp³-hybridized carbons (Fsp3) is 0.333. The van der Waals surface area contributed by atoms with Crippen LogP contribution in [0.25, 0.3) is 0 Å². The Morgan fingerprint density at radius 2 is 2.46 bits per heavy atom. The highest BCUT2D eigenvalue weighted by molar-refractivity contribution is 5.85. The fourth-order valence-electron chi connectivity index (χ4n) is 0.893. The van der Waals surface area contributed by atoms with Crippen LogP contribution in [0, 0.1) is 0 Å². The number of rotatable bonds is 1. The smallest absolute Gasteiger partial charge is 0.419 e. The Morgan fingerprint density at radius 3 is 3.15 bits per heavy atom. The Hall–Kier alpha value is -1.58. The number of amides is 1. The van der Waals surface area contributed by atoms with Crippen molar-refractivity contribution in [2.45, 2.75) is 13.8 Å². The van der Waals surface area contributed by atoms with Gasteiger partial charge in [0.1, 0.15) is 6.34 Å². The van der Waals surface area contributed by atoms with Gasteiger partial charge in [0.15, 0.2) is 0 Å². The molecule has 1 aliphatic rings. The third-order valence-corrected chi connectivity index (χ3v) is 1.54. The Kier molecular flexibility index (Phi) is 3.25. The Balaban J connectivity index is 2.73. The zero-order chi connectivity index (χ0) is 9.68. The molecule has 0 N–H and O–H groups in total. The van der Waals surface area contributed by atoms with Crippen molar-refractivity contribution in [2.24, 2.45) is 4.99 Å². The van der Waals surface area contributed by atoms with Crippen molar-refractivity contribution in [1.82, 2.24) is 4.90 Å². The SMILES string of the molecule is CCOC(=O)N1C=NC=CC=C1C. The van der Waals surface area contributed by atoms with Crippen LogP contribution in [-0.4, -0.2) is 23.9 Å². The van der Waals surface area contributed by atoms with Crippen molar-refractivity contribution in [3.05, 3.63) is 24.0 Å². The molecule has 0 saturated carbocycles. The molecule has 0 aromatic rings. The van der Waals surface area contributed by atoms with Crippen LogP contribution in [0.3, 0.4) is 0 Å². The minimum absolute atomic E-state index is 0.365. The van der Waals surface area contributed by atoms with Crippen LogP contribution >= 0.6 is 0 Å². The Bertz CT molecular complexity index is 279. The summed E-state index contributed by atoms with van der Waals surface area (Å²) in [5.74, 6) is 0. The molecule has 0 spiro atoms. The van der Waals surface area contributed by atoms with E-state index in [2.05, 4.69) is 4.99 Å². The van der Waals surface area contributed by atoms with Gasteiger partial charge in [-0.3, -0.25) is 0 Å². The van der Waals surface area contributed by atoms with Crippen LogP contribution in [0.1, 0.15) is 13.8 Å². The van der Waals surface area contributed by atoms with Crippen LogP contribution in [0.15, 0.2) is 29.0 Å². The minimum Gasteiger partial charge on any atom is -0.449 e. The Morgan fingerprint density at radius 1 is 1.69 bits per heavy atom. The molecule has 13 heavy (non-hydrogen) atoms. The third-order valence-electron chi connectivity index (χ3n) is 1.54. The molecule has 0 aromatic carbocycles. The first kappa shape index (κ1) is 9.51. The molecule has 0 aromatic heterocycles. The summed E-state index contributed by atoms with van der Waals surface area (Å²) >= 11 is 0. The van der Waals surface area contributed by atoms with Crippen molar-refractivity contribution in [3.63, 3.8) is 0 Å². The average molecular weight is 180 g/mol. The summed E-state index contributed by atoms with van der Waals surface area (Å²) in [7, 11) is 0. The van der Waals surface area contributed by atoms with Crippen molar-refractivity contribution in [3.8, 4) is 0 Å². The lowest BCUT2D eigenvalue weighted by Crippen LogP contribution is -2.28. The predicted molar refractivity (Wildman–Crippen MR) is 50.3 cm³/mol. The number of ether oxygens (including phenoxy) is 1. The number of hydrogen-bond donors (Lipinski definition) is 0. The fourth-order valence-corrected chi connectivity index (χ4v) is 0.893. The molecule has 0 saturated heterocycles. The molecule has 4 heteroatoms. The van der Waals surface area contributed by atoms with Crippen molar-refractivity contribution in [2.75, 3.05) is 6.61 Å². The van der Waals surface area contributed by atoms with Gasteiger partial charge in [-0.05, 0) is 26.0 Å². The highest BCUT2D eigenvalue weighted by Crippen LogP contribution is 2.06. The van der Waals surface area contributed by atoms with E-state index in [0.29, 0.717) is 6.61 Å². The maximum absolute atomic E-state index is 11.3. The van der Waals surface area contributed by atoms with Crippen LogP contribution in [0.2, 0.25) is 0 Å². The molecule has 1 heterocycles. The molecule has 0 unspecified atom stereocenters. The van der Waals surface area contributed by atoms with Gasteiger partial charge in [0.25, 0.3) is 0 Å². The number of allylic oxidation sites excluding steroid dienone is 3. The summed E-state index contributed by atoms with van der Waals surface area (Å²) in [5.41, 5.74) is 0.788. The molecular weight excluding hydrogens is 168 g/mol. The van der Waals surface area contributed by atoms with Gasteiger partial charge in [0, 0.05) is 11.9 Å². The topological polar surface area (TPSA) is 41.9 Å². The quantitative estimate of drug-likeness (QED) is 0.618. The molecule has 0 atom stereocenters. The maximum Gasteiger partial charge on any atom is 0.419 e. The molecular formula is C9H12N2O2. The van der Waals surface area contributed by atoms with E-state index >= 15 is 0 Å². The second kappa shape index (κ2) is 4.45. The standard InChI is InChI=1S/C9H12N2O2/c1-3-13-9(12)11-7-10-6-4-5-8(11)2/h4-7H,3H2,1-2H3. The van der Waals surface area contributed by atoms with E-state index in [1.54, 1.807) is 25.3 Å². The molecule has 0 aliphatic carbocycles. The van der Waals surface area contributed by atoms with Crippen molar-refractivity contribution >= 4 is 12.4 Å². The van der Waals surface area contributed by atoms with Gasteiger partial charge < -0.3 is 4.74 Å². The molecule has 4 nitrogen and oxygen atoms in total. The van der Waals surface area contributed by atoms with Crippen molar-refractivity contribution < 1.29 is 9.53 Å². The van der Waals surface area contributed by atoms with Crippen LogP contribution in [0.4, 0.5) is 4.79 Å². The van der Waals surface area contributed by atoms with E-state index < -0.39 is 6.09 Å². The number of hydrogen-bond acceptors (Lipinski definition) is 3. The summed E-state index contributed by atoms with van der Waals surface area (Å²) in [6.45, 7) is 3.95. The first-order chi connectivity index (χ1) is 6.25. The summed E-state index contributed by atoms with van der Waals surface area (Å²) < 4.78 is 4.83. The minimum atomic E-state index is -0.399. The monoisotopic (exact) mass is 180 g/mol. The van der Waals surface area contributed by atoms with E-state index in [1.807, 2.05) is 6.92 Å². The Labute approximate surface area is 77.2 Å². The van der Waals surface area contributed by atoms with E-state index in [0.717, 1.165) is 5.70 Å². The lowest BCUT2D eigenvalue weighted by atomic mass is 10.4. The molecule has 70 valence electrons. The summed E-state index contributed by atoms with van der Waals surface area (Å²) in [5, 5.41) is 0. The molecule has 0 fully saturated rings. The van der Waals surface area contributed by atoms with E-state index in [4.69, 9.17) is 4.74 Å². The van der Waals surface area contributed by atoms with Gasteiger partial charge in [-0.2, -0.15) is 0 Å². The van der Waals surface area contributed by atoms with Gasteiger partial charge in [0.2, 0.25) is 0 Å². The normalized spacial score (nSPS) is 15.2. The molecule has 1 amide bonds. The number of carbonyl (C=O) groups excluding carboxylic acids is 1. The molecule has 1 aliphatic heterocycles. The van der Waals surface area contributed by atoms with E-state index in [-0.39, 0.29) is 0 Å². The van der Waals surface area contributed by atoms with Gasteiger partial charge in [-0.1, -0.05) is 0 Å². The largest absolute Gasteiger partial charge is 0.449 e. The van der Waals surface area contributed by atoms with E-state index in [9.17, 15) is 4.79 Å². The molecule has 1 rings (SSSR count). The van der Waals surface area contributed by atoms with Gasteiger partial charge in [-0.15, -0.1) is 0 Å². The van der Waals surface area contributed by atoms with Crippen molar-refractivity contribution in [1.29, 1.82) is 0 Å². The van der Waals surface area contributed by atoms with Crippen LogP contribution in [0.5, 0.6) is 0 Å². The van der Waals surface area contributed by atoms with Gasteiger partial charge >= 0.3 is 6.09 Å². The summed E-state index contributed by atoms with van der Waals surface area (Å²) in [6.07, 6.45) is 6.22. The van der Waals surface area contributed by atoms with Gasteiger partial charge in [0.05, 0.1) is 6.61 Å². The number of aliphatic imine (C=N–C) groups is 1. The number of carbonyl (C=O) groups is 1. The zero-order valence-corrected chi connectivity index (χ0v) is 7.73. The van der Waals surface area contributed by atoms with Gasteiger partial charge in [-0.25, -0.2) is 14.7 Å². The predicted octanol–water partition coefficient (Wildman–Crippen LogP) is 1.90. The second-order valence-corrected chi connectivity index (χ2v) is 2.48. The lowest BCUT2D eigenvalue weighted by molar-refractivity contribution is 0.136. The zero-order valence-electron chi connectivity index (χ0n) is 7.73. The maximum atomic E-state index is 11.3. The first-order valence-electron chi connectivity index (χ1n) is 4.08. The third kappa shape index (κ3) is 2.43. The first-order valence-corrected chi connectivity index (χ1v) is 4.08. The summed E-state index contributed by atoms with van der Waals surface area (Å²) in [4.78, 5) is 16.5. The second-order valence-electron chi connectivity index (χ2n) is 2.48. The number of nitrogens with zero attached hydrogens (tertiary/aromatic N) is 2.